The summed E-state index contributed by atoms with van der Waals surface area (Å²) in [5.74, 6) is -0.311. The average Bonchev–Trinajstić information content (AvgIpc) is 2.46. The zero-order chi connectivity index (χ0) is 13.0. The standard InChI is InChI=1S/C13H21NO4/c1-17-13(16)11-6-2-3-7-14(11)12(15)10-5-4-8-18-9-10/h10-11H,2-9H2,1H3/t10?,11-/m1/s1. The first-order chi connectivity index (χ1) is 8.74. The highest BCUT2D eigenvalue weighted by molar-refractivity contribution is 5.86. The van der Waals surface area contributed by atoms with Gasteiger partial charge in [0.1, 0.15) is 6.04 Å². The van der Waals surface area contributed by atoms with Gasteiger partial charge >= 0.3 is 5.97 Å². The van der Waals surface area contributed by atoms with Crippen LogP contribution < -0.4 is 0 Å². The van der Waals surface area contributed by atoms with Crippen molar-refractivity contribution in [2.75, 3.05) is 26.9 Å². The van der Waals surface area contributed by atoms with Crippen LogP contribution in [0.1, 0.15) is 32.1 Å². The van der Waals surface area contributed by atoms with E-state index in [9.17, 15) is 9.59 Å². The molecule has 2 aliphatic rings. The van der Waals surface area contributed by atoms with E-state index in [-0.39, 0.29) is 17.8 Å². The zero-order valence-electron chi connectivity index (χ0n) is 10.9. The van der Waals surface area contributed by atoms with Gasteiger partial charge in [0.15, 0.2) is 0 Å². The molecule has 0 spiro atoms. The lowest BCUT2D eigenvalue weighted by Gasteiger charge is -2.36. The molecule has 18 heavy (non-hydrogen) atoms. The molecule has 2 fully saturated rings. The summed E-state index contributed by atoms with van der Waals surface area (Å²) < 4.78 is 10.1. The molecule has 5 heteroatoms. The Morgan fingerprint density at radius 2 is 2.06 bits per heavy atom. The van der Waals surface area contributed by atoms with Gasteiger partial charge in [0.2, 0.25) is 5.91 Å². The van der Waals surface area contributed by atoms with Crippen LogP contribution in [0.3, 0.4) is 0 Å². The summed E-state index contributed by atoms with van der Waals surface area (Å²) in [5.41, 5.74) is 0. The van der Waals surface area contributed by atoms with E-state index < -0.39 is 6.04 Å². The van der Waals surface area contributed by atoms with E-state index in [2.05, 4.69) is 0 Å². The highest BCUT2D eigenvalue weighted by Gasteiger charge is 2.36. The highest BCUT2D eigenvalue weighted by Crippen LogP contribution is 2.23. The Balaban J connectivity index is 2.03. The topological polar surface area (TPSA) is 55.8 Å². The second-order valence-corrected chi connectivity index (χ2v) is 4.98. The van der Waals surface area contributed by atoms with Gasteiger partial charge in [-0.05, 0) is 32.1 Å². The third-order valence-corrected chi connectivity index (χ3v) is 3.77. The first kappa shape index (κ1) is 13.3. The van der Waals surface area contributed by atoms with Gasteiger partial charge in [0.25, 0.3) is 0 Å². The summed E-state index contributed by atoms with van der Waals surface area (Å²) in [6, 6.07) is -0.391. The summed E-state index contributed by atoms with van der Waals surface area (Å²) >= 11 is 0. The number of nitrogens with zero attached hydrogens (tertiary/aromatic N) is 1. The van der Waals surface area contributed by atoms with E-state index in [1.165, 1.54) is 7.11 Å². The van der Waals surface area contributed by atoms with Gasteiger partial charge in [-0.2, -0.15) is 0 Å². The van der Waals surface area contributed by atoms with Gasteiger partial charge in [0.05, 0.1) is 19.6 Å². The van der Waals surface area contributed by atoms with Gasteiger partial charge in [-0.15, -0.1) is 0 Å². The Bertz CT molecular complexity index is 312. The van der Waals surface area contributed by atoms with Gasteiger partial charge < -0.3 is 14.4 Å². The second-order valence-electron chi connectivity index (χ2n) is 4.98. The van der Waals surface area contributed by atoms with Crippen molar-refractivity contribution in [3.8, 4) is 0 Å². The minimum Gasteiger partial charge on any atom is -0.467 e. The number of rotatable bonds is 2. The fraction of sp³-hybridized carbons (Fsp3) is 0.846. The third kappa shape index (κ3) is 2.83. The summed E-state index contributed by atoms with van der Waals surface area (Å²) in [7, 11) is 1.38. The van der Waals surface area contributed by atoms with Crippen LogP contribution in [0.2, 0.25) is 0 Å². The highest BCUT2D eigenvalue weighted by atomic mass is 16.5. The number of likely N-dealkylation sites (tertiary alicyclic amines) is 1. The number of amides is 1. The monoisotopic (exact) mass is 255 g/mol. The first-order valence-electron chi connectivity index (χ1n) is 6.70. The molecule has 1 unspecified atom stereocenters. The summed E-state index contributed by atoms with van der Waals surface area (Å²) in [5, 5.41) is 0. The molecule has 0 radical (unpaired) electrons. The van der Waals surface area contributed by atoms with Crippen molar-refractivity contribution in [1.29, 1.82) is 0 Å². The Morgan fingerprint density at radius 3 is 2.72 bits per heavy atom. The second kappa shape index (κ2) is 6.18. The molecule has 2 atom stereocenters. The van der Waals surface area contributed by atoms with Gasteiger partial charge in [0, 0.05) is 13.2 Å². The quantitative estimate of drug-likeness (QED) is 0.690. The minimum atomic E-state index is -0.391. The fourth-order valence-electron chi connectivity index (χ4n) is 2.75. The molecule has 2 saturated heterocycles. The van der Waals surface area contributed by atoms with E-state index in [1.807, 2.05) is 0 Å². The SMILES string of the molecule is COC(=O)[C@H]1CCCCN1C(=O)C1CCCOC1. The van der Waals surface area contributed by atoms with Crippen molar-refractivity contribution in [1.82, 2.24) is 4.90 Å². The van der Waals surface area contributed by atoms with Crippen molar-refractivity contribution in [2.45, 2.75) is 38.1 Å². The molecule has 2 rings (SSSR count). The molecule has 5 nitrogen and oxygen atoms in total. The number of methoxy groups -OCH3 is 1. The smallest absolute Gasteiger partial charge is 0.328 e. The van der Waals surface area contributed by atoms with Gasteiger partial charge in [-0.25, -0.2) is 4.79 Å². The maximum atomic E-state index is 12.4. The molecular formula is C13H21NO4. The Kier molecular flexibility index (Phi) is 4.58. The molecule has 2 aliphatic heterocycles. The van der Waals surface area contributed by atoms with Gasteiger partial charge in [-0.3, -0.25) is 4.79 Å². The fourth-order valence-corrected chi connectivity index (χ4v) is 2.75. The molecule has 0 bridgehead atoms. The van der Waals surface area contributed by atoms with Crippen LogP contribution in [0.25, 0.3) is 0 Å². The molecule has 0 aromatic carbocycles. The third-order valence-electron chi connectivity index (χ3n) is 3.77. The number of carbonyl (C=O) groups excluding carboxylic acids is 2. The summed E-state index contributed by atoms with van der Waals surface area (Å²) in [6.45, 7) is 1.89. The van der Waals surface area contributed by atoms with Crippen molar-refractivity contribution >= 4 is 11.9 Å². The number of hydrogen-bond donors (Lipinski definition) is 0. The average molecular weight is 255 g/mol. The van der Waals surface area contributed by atoms with E-state index in [1.54, 1.807) is 4.90 Å². The Morgan fingerprint density at radius 1 is 1.22 bits per heavy atom. The predicted octanol–water partition coefficient (Wildman–Crippen LogP) is 0.967. The lowest BCUT2D eigenvalue weighted by Crippen LogP contribution is -2.51. The molecule has 0 saturated carbocycles. The predicted molar refractivity (Wildman–Crippen MR) is 64.9 cm³/mol. The van der Waals surface area contributed by atoms with E-state index in [4.69, 9.17) is 9.47 Å². The maximum Gasteiger partial charge on any atom is 0.328 e. The van der Waals surface area contributed by atoms with Crippen LogP contribution in [0.4, 0.5) is 0 Å². The van der Waals surface area contributed by atoms with E-state index in [0.717, 1.165) is 32.3 Å². The largest absolute Gasteiger partial charge is 0.467 e. The van der Waals surface area contributed by atoms with Crippen LogP contribution in [0, 0.1) is 5.92 Å². The molecule has 0 N–H and O–H groups in total. The Labute approximate surface area is 107 Å². The lowest BCUT2D eigenvalue weighted by atomic mass is 9.96. The van der Waals surface area contributed by atoms with E-state index in [0.29, 0.717) is 19.6 Å². The molecule has 2 heterocycles. The lowest BCUT2D eigenvalue weighted by molar-refractivity contribution is -0.158. The number of piperidine rings is 1. The zero-order valence-corrected chi connectivity index (χ0v) is 10.9. The number of ether oxygens (including phenoxy) is 2. The van der Waals surface area contributed by atoms with E-state index >= 15 is 0 Å². The minimum absolute atomic E-state index is 0.0600. The van der Waals surface area contributed by atoms with Gasteiger partial charge in [-0.1, -0.05) is 0 Å². The summed E-state index contributed by atoms with van der Waals surface area (Å²) in [4.78, 5) is 25.8. The van der Waals surface area contributed by atoms with Crippen molar-refractivity contribution < 1.29 is 19.1 Å². The molecule has 0 aromatic rings. The Hall–Kier alpha value is -1.10. The number of hydrogen-bond acceptors (Lipinski definition) is 4. The summed E-state index contributed by atoms with van der Waals surface area (Å²) in [6.07, 6.45) is 4.44. The van der Waals surface area contributed by atoms with Crippen LogP contribution in [-0.2, 0) is 19.1 Å². The van der Waals surface area contributed by atoms with Crippen LogP contribution in [0.15, 0.2) is 0 Å². The molecule has 102 valence electrons. The first-order valence-corrected chi connectivity index (χ1v) is 6.70. The van der Waals surface area contributed by atoms with Crippen molar-refractivity contribution in [3.05, 3.63) is 0 Å². The number of esters is 1. The molecule has 1 amide bonds. The van der Waals surface area contributed by atoms with Crippen molar-refractivity contribution in [3.63, 3.8) is 0 Å². The van der Waals surface area contributed by atoms with Crippen LogP contribution in [0.5, 0.6) is 0 Å². The normalized spacial score (nSPS) is 28.8. The maximum absolute atomic E-state index is 12.4. The number of carbonyl (C=O) groups is 2. The molecular weight excluding hydrogens is 234 g/mol. The van der Waals surface area contributed by atoms with Crippen molar-refractivity contribution in [2.24, 2.45) is 5.92 Å². The molecule has 0 aliphatic carbocycles. The van der Waals surface area contributed by atoms with Crippen LogP contribution >= 0.6 is 0 Å². The molecule has 0 aromatic heterocycles. The van der Waals surface area contributed by atoms with Crippen LogP contribution in [-0.4, -0.2) is 49.7 Å².